The Balaban J connectivity index is 1.41. The molecule has 0 saturated heterocycles. The zero-order valence-corrected chi connectivity index (χ0v) is 17.8. The number of aromatic nitrogens is 6. The molecule has 1 aromatic carbocycles. The van der Waals surface area contributed by atoms with Gasteiger partial charge in [-0.25, -0.2) is 13.9 Å². The van der Waals surface area contributed by atoms with Gasteiger partial charge in [-0.1, -0.05) is 12.1 Å². The lowest BCUT2D eigenvalue weighted by atomic mass is 10.1. The number of hydrogen-bond donors (Lipinski definition) is 1. The number of amides is 1. The highest BCUT2D eigenvalue weighted by molar-refractivity contribution is 5.97. The lowest BCUT2D eigenvalue weighted by Gasteiger charge is -2.13. The third-order valence-corrected chi connectivity index (χ3v) is 6.00. The molecule has 1 aliphatic carbocycles. The van der Waals surface area contributed by atoms with Gasteiger partial charge in [-0.2, -0.15) is 5.10 Å². The largest absolute Gasteiger partial charge is 0.323 e. The van der Waals surface area contributed by atoms with Gasteiger partial charge in [0.05, 0.1) is 17.3 Å². The van der Waals surface area contributed by atoms with E-state index in [1.807, 2.05) is 41.8 Å². The number of imidazole rings is 1. The monoisotopic (exact) mass is 441 g/mol. The van der Waals surface area contributed by atoms with Gasteiger partial charge in [0.15, 0.2) is 11.3 Å². The van der Waals surface area contributed by atoms with Gasteiger partial charge in [0.2, 0.25) is 5.91 Å². The van der Waals surface area contributed by atoms with E-state index in [-0.39, 0.29) is 23.6 Å². The van der Waals surface area contributed by atoms with Crippen molar-refractivity contribution in [2.24, 2.45) is 5.92 Å². The number of pyridine rings is 1. The average molecular weight is 441 g/mol. The minimum Gasteiger partial charge on any atom is -0.323 e. The molecular formula is C24H20FN7O. The standard InChI is InChI=1S/C24H20FN7O/c1-14(19-12-20(27-24(33)15-5-6-15)23-26-9-10-32(23)30-19)22-29-28-21-8-7-17(13-31(21)22)16-3-2-4-18(25)11-16/h2-4,7-15H,5-6H2,1H3,(H,27,33). The predicted molar refractivity (Wildman–Crippen MR) is 120 cm³/mol. The first kappa shape index (κ1) is 19.5. The van der Waals surface area contributed by atoms with Crippen molar-refractivity contribution in [3.63, 3.8) is 0 Å². The summed E-state index contributed by atoms with van der Waals surface area (Å²) < 4.78 is 17.3. The van der Waals surface area contributed by atoms with Crippen molar-refractivity contribution in [3.05, 3.63) is 78.4 Å². The highest BCUT2D eigenvalue weighted by Crippen LogP contribution is 2.32. The van der Waals surface area contributed by atoms with Crippen LogP contribution in [0.25, 0.3) is 22.4 Å². The van der Waals surface area contributed by atoms with Crippen LogP contribution in [0.15, 0.2) is 61.1 Å². The summed E-state index contributed by atoms with van der Waals surface area (Å²) in [5, 5.41) is 16.4. The van der Waals surface area contributed by atoms with Crippen LogP contribution in [-0.2, 0) is 4.79 Å². The Labute approximate surface area is 188 Å². The van der Waals surface area contributed by atoms with Crippen molar-refractivity contribution in [2.45, 2.75) is 25.7 Å². The summed E-state index contributed by atoms with van der Waals surface area (Å²) in [6.45, 7) is 1.99. The molecule has 0 bridgehead atoms. The second kappa shape index (κ2) is 7.47. The Morgan fingerprint density at radius 2 is 2.03 bits per heavy atom. The Bertz CT molecular complexity index is 1520. The van der Waals surface area contributed by atoms with Crippen LogP contribution < -0.4 is 5.32 Å². The first-order valence-electron chi connectivity index (χ1n) is 10.8. The molecule has 0 radical (unpaired) electrons. The van der Waals surface area contributed by atoms with E-state index in [1.165, 1.54) is 12.1 Å². The van der Waals surface area contributed by atoms with Gasteiger partial charge in [0, 0.05) is 24.5 Å². The molecule has 0 aliphatic heterocycles. The number of rotatable bonds is 5. The number of halogens is 1. The van der Waals surface area contributed by atoms with Crippen LogP contribution >= 0.6 is 0 Å². The number of carbonyl (C=O) groups is 1. The topological polar surface area (TPSA) is 89.5 Å². The molecule has 33 heavy (non-hydrogen) atoms. The first-order valence-corrected chi connectivity index (χ1v) is 10.8. The third kappa shape index (κ3) is 3.51. The fraction of sp³-hybridized carbons (Fsp3) is 0.208. The number of nitrogens with zero attached hydrogens (tertiary/aromatic N) is 6. The number of hydrogen-bond acceptors (Lipinski definition) is 5. The molecule has 4 heterocycles. The quantitative estimate of drug-likeness (QED) is 0.444. The highest BCUT2D eigenvalue weighted by Gasteiger charge is 2.30. The molecule has 1 fully saturated rings. The summed E-state index contributed by atoms with van der Waals surface area (Å²) in [5.41, 5.74) is 4.25. The molecule has 1 atom stereocenters. The molecule has 0 spiro atoms. The van der Waals surface area contributed by atoms with Crippen molar-refractivity contribution in [3.8, 4) is 11.1 Å². The van der Waals surface area contributed by atoms with Gasteiger partial charge in [-0.05, 0) is 61.2 Å². The summed E-state index contributed by atoms with van der Waals surface area (Å²) in [7, 11) is 0. The van der Waals surface area contributed by atoms with Crippen molar-refractivity contribution in [1.29, 1.82) is 0 Å². The zero-order chi connectivity index (χ0) is 22.5. The van der Waals surface area contributed by atoms with Crippen LogP contribution in [0.3, 0.4) is 0 Å². The minimum absolute atomic E-state index is 0.0114. The van der Waals surface area contributed by atoms with Crippen LogP contribution in [0, 0.1) is 11.7 Å². The lowest BCUT2D eigenvalue weighted by molar-refractivity contribution is -0.117. The fourth-order valence-corrected chi connectivity index (χ4v) is 3.99. The summed E-state index contributed by atoms with van der Waals surface area (Å²) in [5.74, 6) is 0.262. The maximum atomic E-state index is 13.7. The van der Waals surface area contributed by atoms with Gasteiger partial charge < -0.3 is 5.32 Å². The SMILES string of the molecule is CC(c1cc(NC(=O)C2CC2)c2nccn2n1)c1nnc2ccc(-c3cccc(F)c3)cn12. The minimum atomic E-state index is -0.288. The van der Waals surface area contributed by atoms with Crippen LogP contribution in [0.5, 0.6) is 0 Å². The van der Waals surface area contributed by atoms with E-state index >= 15 is 0 Å². The summed E-state index contributed by atoms with van der Waals surface area (Å²) in [4.78, 5) is 16.7. The molecule has 1 amide bonds. The Morgan fingerprint density at radius 1 is 1.15 bits per heavy atom. The van der Waals surface area contributed by atoms with E-state index in [1.54, 1.807) is 23.0 Å². The van der Waals surface area contributed by atoms with E-state index in [0.29, 0.717) is 22.8 Å². The van der Waals surface area contributed by atoms with E-state index in [9.17, 15) is 9.18 Å². The fourth-order valence-electron chi connectivity index (χ4n) is 3.99. The normalized spacial score (nSPS) is 14.6. The number of fused-ring (bicyclic) bond motifs is 2. The van der Waals surface area contributed by atoms with E-state index in [2.05, 4.69) is 20.5 Å². The van der Waals surface area contributed by atoms with Gasteiger partial charge >= 0.3 is 0 Å². The van der Waals surface area contributed by atoms with Crippen molar-refractivity contribution in [1.82, 2.24) is 29.2 Å². The number of carbonyl (C=O) groups excluding carboxylic acids is 1. The maximum absolute atomic E-state index is 13.7. The number of nitrogens with one attached hydrogen (secondary N) is 1. The van der Waals surface area contributed by atoms with Crippen molar-refractivity contribution in [2.75, 3.05) is 5.32 Å². The zero-order valence-electron chi connectivity index (χ0n) is 17.8. The number of anilines is 1. The highest BCUT2D eigenvalue weighted by atomic mass is 19.1. The second-order valence-corrected chi connectivity index (χ2v) is 8.38. The molecule has 1 unspecified atom stereocenters. The molecule has 1 N–H and O–H groups in total. The molecule has 8 nitrogen and oxygen atoms in total. The molecule has 164 valence electrons. The average Bonchev–Trinajstić information content (AvgIpc) is 3.42. The van der Waals surface area contributed by atoms with Crippen molar-refractivity contribution < 1.29 is 9.18 Å². The molecular weight excluding hydrogens is 421 g/mol. The van der Waals surface area contributed by atoms with Crippen LogP contribution in [-0.4, -0.2) is 35.1 Å². The summed E-state index contributed by atoms with van der Waals surface area (Å²) in [6, 6.07) is 12.1. The van der Waals surface area contributed by atoms with Gasteiger partial charge in [-0.15, -0.1) is 10.2 Å². The van der Waals surface area contributed by atoms with Gasteiger partial charge in [0.25, 0.3) is 0 Å². The van der Waals surface area contributed by atoms with Gasteiger partial charge in [0.1, 0.15) is 11.6 Å². The molecule has 6 rings (SSSR count). The van der Waals surface area contributed by atoms with E-state index in [4.69, 9.17) is 5.10 Å². The van der Waals surface area contributed by atoms with Crippen LogP contribution in [0.1, 0.15) is 37.2 Å². The second-order valence-electron chi connectivity index (χ2n) is 8.38. The molecule has 5 aromatic rings. The predicted octanol–water partition coefficient (Wildman–Crippen LogP) is 4.08. The Hall–Kier alpha value is -4.14. The lowest BCUT2D eigenvalue weighted by Crippen LogP contribution is -2.16. The first-order chi connectivity index (χ1) is 16.1. The molecule has 9 heteroatoms. The van der Waals surface area contributed by atoms with Crippen LogP contribution in [0.4, 0.5) is 10.1 Å². The van der Waals surface area contributed by atoms with E-state index < -0.39 is 0 Å². The smallest absolute Gasteiger partial charge is 0.227 e. The number of benzene rings is 1. The molecule has 1 aliphatic rings. The van der Waals surface area contributed by atoms with Gasteiger partial charge in [-0.3, -0.25) is 9.20 Å². The van der Waals surface area contributed by atoms with Crippen LogP contribution in [0.2, 0.25) is 0 Å². The molecule has 1 saturated carbocycles. The van der Waals surface area contributed by atoms with E-state index in [0.717, 1.165) is 29.7 Å². The third-order valence-electron chi connectivity index (χ3n) is 6.00. The Morgan fingerprint density at radius 3 is 2.85 bits per heavy atom. The Kier molecular flexibility index (Phi) is 4.42. The van der Waals surface area contributed by atoms with Crippen molar-refractivity contribution >= 4 is 22.9 Å². The maximum Gasteiger partial charge on any atom is 0.227 e. The molecule has 4 aromatic heterocycles. The summed E-state index contributed by atoms with van der Waals surface area (Å²) in [6.07, 6.45) is 7.15. The summed E-state index contributed by atoms with van der Waals surface area (Å²) >= 11 is 0.